The van der Waals surface area contributed by atoms with Gasteiger partial charge in [-0.3, -0.25) is 14.6 Å². The lowest BCUT2D eigenvalue weighted by atomic mass is 10.0. The first-order valence-electron chi connectivity index (χ1n) is 8.43. The maximum Gasteiger partial charge on any atom is 0.306 e. The minimum absolute atomic E-state index is 0.388. The first-order valence-corrected chi connectivity index (χ1v) is 8.43. The molecule has 1 amide bonds. The predicted octanol–water partition coefficient (Wildman–Crippen LogP) is 3.01. The van der Waals surface area contributed by atoms with Gasteiger partial charge in [0.2, 0.25) is 5.78 Å². The average Bonchev–Trinajstić information content (AvgIpc) is 2.86. The fourth-order valence-corrected chi connectivity index (χ4v) is 2.77. The third-order valence-electron chi connectivity index (χ3n) is 4.19. The summed E-state index contributed by atoms with van der Waals surface area (Å²) in [6.45, 7) is 2.78. The molecular weight excluding hydrogens is 292 g/mol. The summed E-state index contributed by atoms with van der Waals surface area (Å²) in [5.74, 6) is -0.0880. The van der Waals surface area contributed by atoms with Gasteiger partial charge in [0.25, 0.3) is 0 Å². The van der Waals surface area contributed by atoms with Crippen LogP contribution in [-0.2, 0) is 9.59 Å². The normalized spacial score (nSPS) is 17.8. The van der Waals surface area contributed by atoms with E-state index in [4.69, 9.17) is 4.74 Å². The molecule has 1 N–H and O–H groups in total. The van der Waals surface area contributed by atoms with Crippen molar-refractivity contribution in [2.24, 2.45) is 0 Å². The van der Waals surface area contributed by atoms with Crippen molar-refractivity contribution in [3.05, 3.63) is 29.8 Å². The third-order valence-corrected chi connectivity index (χ3v) is 4.19. The molecule has 1 atom stereocenters. The second-order valence-corrected chi connectivity index (χ2v) is 5.92. The highest BCUT2D eigenvalue weighted by atomic mass is 16.5. The number of ketones is 1. The topological polar surface area (TPSA) is 58.6 Å². The molecule has 0 radical (unpaired) electrons. The van der Waals surface area contributed by atoms with Crippen LogP contribution in [0.2, 0.25) is 0 Å². The van der Waals surface area contributed by atoms with Crippen LogP contribution in [0.1, 0.15) is 57.1 Å². The highest BCUT2D eigenvalue weighted by molar-refractivity contribution is 6.39. The van der Waals surface area contributed by atoms with Crippen LogP contribution in [0.25, 0.3) is 0 Å². The zero-order chi connectivity index (χ0) is 16.7. The number of carbonyl (C=O) groups is 2. The largest absolute Gasteiger partial charge is 0.497 e. The van der Waals surface area contributed by atoms with E-state index in [0.717, 1.165) is 24.2 Å². The minimum atomic E-state index is -0.575. The van der Waals surface area contributed by atoms with Crippen LogP contribution in [0, 0.1) is 0 Å². The summed E-state index contributed by atoms with van der Waals surface area (Å²) in [6, 6.07) is 6.65. The van der Waals surface area contributed by atoms with Crippen molar-refractivity contribution in [2.45, 2.75) is 51.5 Å². The van der Waals surface area contributed by atoms with Gasteiger partial charge in [0, 0.05) is 6.54 Å². The molecule has 0 aliphatic carbocycles. The molecule has 1 fully saturated rings. The van der Waals surface area contributed by atoms with E-state index in [1.54, 1.807) is 19.2 Å². The molecule has 1 aliphatic rings. The highest BCUT2D eigenvalue weighted by Gasteiger charge is 2.39. The van der Waals surface area contributed by atoms with Gasteiger partial charge >= 0.3 is 5.91 Å². The number of amides is 1. The van der Waals surface area contributed by atoms with E-state index in [-0.39, 0.29) is 5.78 Å². The van der Waals surface area contributed by atoms with Crippen molar-refractivity contribution in [1.82, 2.24) is 10.4 Å². The number of hydrazine groups is 1. The molecule has 2 rings (SSSR count). The standard InChI is InChI=1S/C18H26N2O3/c1-3-4-5-6-7-8-13-20-18(22)17(21)16(19-20)14-9-11-15(23-2)12-10-14/h9-12,16,19H,3-8,13H2,1-2H3. The fourth-order valence-electron chi connectivity index (χ4n) is 2.77. The van der Waals surface area contributed by atoms with Gasteiger partial charge in [-0.2, -0.15) is 0 Å². The van der Waals surface area contributed by atoms with Crippen molar-refractivity contribution >= 4 is 11.7 Å². The molecule has 23 heavy (non-hydrogen) atoms. The monoisotopic (exact) mass is 318 g/mol. The summed E-state index contributed by atoms with van der Waals surface area (Å²) in [6.07, 6.45) is 6.93. The number of rotatable bonds is 9. The van der Waals surface area contributed by atoms with E-state index in [9.17, 15) is 9.59 Å². The molecule has 1 aromatic carbocycles. The number of nitrogens with zero attached hydrogens (tertiary/aromatic N) is 1. The summed E-state index contributed by atoms with van der Waals surface area (Å²) in [5.41, 5.74) is 3.83. The second kappa shape index (κ2) is 8.67. The Hall–Kier alpha value is -1.88. The molecule has 0 aromatic heterocycles. The maximum absolute atomic E-state index is 12.2. The number of hydrogen-bond acceptors (Lipinski definition) is 4. The van der Waals surface area contributed by atoms with Gasteiger partial charge in [0.15, 0.2) is 0 Å². The second-order valence-electron chi connectivity index (χ2n) is 5.92. The first-order chi connectivity index (χ1) is 11.2. The smallest absolute Gasteiger partial charge is 0.306 e. The Morgan fingerprint density at radius 1 is 1.04 bits per heavy atom. The molecule has 0 spiro atoms. The summed E-state index contributed by atoms with van der Waals surface area (Å²) >= 11 is 0. The lowest BCUT2D eigenvalue weighted by molar-refractivity contribution is -0.140. The molecule has 1 heterocycles. The molecular formula is C18H26N2O3. The summed E-state index contributed by atoms with van der Waals surface area (Å²) in [7, 11) is 1.60. The number of ether oxygens (including phenoxy) is 1. The zero-order valence-corrected chi connectivity index (χ0v) is 14.0. The van der Waals surface area contributed by atoms with Crippen molar-refractivity contribution in [3.63, 3.8) is 0 Å². The van der Waals surface area contributed by atoms with Crippen LogP contribution in [0.4, 0.5) is 0 Å². The number of hydrogen-bond donors (Lipinski definition) is 1. The Balaban J connectivity index is 1.85. The zero-order valence-electron chi connectivity index (χ0n) is 14.0. The summed E-state index contributed by atoms with van der Waals surface area (Å²) in [4.78, 5) is 24.2. The van der Waals surface area contributed by atoms with Gasteiger partial charge in [-0.05, 0) is 24.1 Å². The molecule has 1 unspecified atom stereocenters. The number of Topliss-reactive ketones (excluding diaryl/α,β-unsaturated/α-hetero) is 1. The third kappa shape index (κ3) is 4.55. The first kappa shape index (κ1) is 17.5. The Labute approximate surface area is 138 Å². The van der Waals surface area contributed by atoms with E-state index in [1.165, 1.54) is 30.7 Å². The van der Waals surface area contributed by atoms with Gasteiger partial charge < -0.3 is 4.74 Å². The van der Waals surface area contributed by atoms with Crippen LogP contribution in [0.3, 0.4) is 0 Å². The van der Waals surface area contributed by atoms with Gasteiger partial charge in [-0.1, -0.05) is 51.2 Å². The molecule has 1 aliphatic heterocycles. The van der Waals surface area contributed by atoms with Gasteiger partial charge in [0.1, 0.15) is 11.8 Å². The number of nitrogens with one attached hydrogen (secondary N) is 1. The lowest BCUT2D eigenvalue weighted by Crippen LogP contribution is -2.36. The van der Waals surface area contributed by atoms with E-state index >= 15 is 0 Å². The van der Waals surface area contributed by atoms with E-state index < -0.39 is 11.9 Å². The van der Waals surface area contributed by atoms with Crippen molar-refractivity contribution < 1.29 is 14.3 Å². The van der Waals surface area contributed by atoms with Crippen molar-refractivity contribution in [2.75, 3.05) is 13.7 Å². The predicted molar refractivity (Wildman–Crippen MR) is 89.0 cm³/mol. The van der Waals surface area contributed by atoms with Crippen LogP contribution in [-0.4, -0.2) is 30.4 Å². The van der Waals surface area contributed by atoms with Gasteiger partial charge in [-0.15, -0.1) is 0 Å². The molecule has 1 saturated heterocycles. The number of carbonyl (C=O) groups excluding carboxylic acids is 2. The van der Waals surface area contributed by atoms with E-state index in [0.29, 0.717) is 6.54 Å². The van der Waals surface area contributed by atoms with Crippen LogP contribution < -0.4 is 10.2 Å². The van der Waals surface area contributed by atoms with Gasteiger partial charge in [0.05, 0.1) is 7.11 Å². The molecule has 126 valence electrons. The van der Waals surface area contributed by atoms with Crippen LogP contribution >= 0.6 is 0 Å². The van der Waals surface area contributed by atoms with Crippen LogP contribution in [0.15, 0.2) is 24.3 Å². The minimum Gasteiger partial charge on any atom is -0.497 e. The molecule has 0 saturated carbocycles. The maximum atomic E-state index is 12.2. The number of unbranched alkanes of at least 4 members (excludes halogenated alkanes) is 5. The Morgan fingerprint density at radius 2 is 1.70 bits per heavy atom. The molecule has 0 bridgehead atoms. The summed E-state index contributed by atoms with van der Waals surface area (Å²) < 4.78 is 5.11. The quantitative estimate of drug-likeness (QED) is 0.562. The Bertz CT molecular complexity index is 528. The Morgan fingerprint density at radius 3 is 2.35 bits per heavy atom. The van der Waals surface area contributed by atoms with E-state index in [1.807, 2.05) is 12.1 Å². The average molecular weight is 318 g/mol. The molecule has 5 heteroatoms. The number of benzene rings is 1. The fraction of sp³-hybridized carbons (Fsp3) is 0.556. The van der Waals surface area contributed by atoms with Crippen LogP contribution in [0.5, 0.6) is 5.75 Å². The van der Waals surface area contributed by atoms with Crippen molar-refractivity contribution in [3.8, 4) is 5.75 Å². The number of methoxy groups -OCH3 is 1. The summed E-state index contributed by atoms with van der Waals surface area (Å²) in [5, 5.41) is 1.47. The lowest BCUT2D eigenvalue weighted by Gasteiger charge is -2.17. The highest BCUT2D eigenvalue weighted by Crippen LogP contribution is 2.23. The SMILES string of the molecule is CCCCCCCCN1NC(c2ccc(OC)cc2)C(=O)C1=O. The van der Waals surface area contributed by atoms with E-state index in [2.05, 4.69) is 12.3 Å². The molecule has 5 nitrogen and oxygen atoms in total. The van der Waals surface area contributed by atoms with Gasteiger partial charge in [-0.25, -0.2) is 5.43 Å². The Kier molecular flexibility index (Phi) is 6.59. The van der Waals surface area contributed by atoms with Crippen molar-refractivity contribution in [1.29, 1.82) is 0 Å². The molecule has 1 aromatic rings.